The van der Waals surface area contributed by atoms with Crippen LogP contribution in [-0.4, -0.2) is 17.0 Å². The number of halogens is 1. The Kier molecular flexibility index (Phi) is 2.48. The third kappa shape index (κ3) is 1.69. The minimum Gasteiger partial charge on any atom is -0.371 e. The summed E-state index contributed by atoms with van der Waals surface area (Å²) in [6.07, 6.45) is 7.14. The molecule has 2 heteroatoms. The maximum absolute atomic E-state index is 6.10. The van der Waals surface area contributed by atoms with Crippen molar-refractivity contribution in [1.82, 2.24) is 0 Å². The lowest BCUT2D eigenvalue weighted by Crippen LogP contribution is -2.40. The van der Waals surface area contributed by atoms with E-state index in [4.69, 9.17) is 4.74 Å². The van der Waals surface area contributed by atoms with Crippen LogP contribution in [0.5, 0.6) is 0 Å². The molecule has 0 aromatic rings. The summed E-state index contributed by atoms with van der Waals surface area (Å²) in [7, 11) is 0. The lowest BCUT2D eigenvalue weighted by molar-refractivity contribution is -0.120. The van der Waals surface area contributed by atoms with Crippen molar-refractivity contribution in [2.45, 2.75) is 50.7 Å². The molecule has 2 unspecified atom stereocenters. The Morgan fingerprint density at radius 1 is 1.42 bits per heavy atom. The maximum atomic E-state index is 6.10. The van der Waals surface area contributed by atoms with Gasteiger partial charge in [-0.3, -0.25) is 0 Å². The molecule has 1 saturated heterocycles. The molecule has 2 rings (SSSR count). The Labute approximate surface area is 83.0 Å². The van der Waals surface area contributed by atoms with Gasteiger partial charge in [0.05, 0.1) is 11.7 Å². The van der Waals surface area contributed by atoms with Crippen LogP contribution in [0.2, 0.25) is 0 Å². The van der Waals surface area contributed by atoms with Crippen molar-refractivity contribution < 1.29 is 4.74 Å². The molecule has 0 amide bonds. The average Bonchev–Trinajstić information content (AvgIpc) is 2.86. The van der Waals surface area contributed by atoms with Gasteiger partial charge in [-0.15, -0.1) is 0 Å². The standard InChI is InChI=1S/C10H17BrO/c1-10(8-4-5-8)6-2-3-9(7-11)12-10/h8-9H,2-7H2,1H3. The molecule has 0 radical (unpaired) electrons. The molecule has 1 nitrogen and oxygen atoms in total. The molecule has 0 bridgehead atoms. The van der Waals surface area contributed by atoms with E-state index in [9.17, 15) is 0 Å². The summed E-state index contributed by atoms with van der Waals surface area (Å²) in [6.45, 7) is 2.31. The molecule has 2 atom stereocenters. The van der Waals surface area contributed by atoms with E-state index in [2.05, 4.69) is 22.9 Å². The summed E-state index contributed by atoms with van der Waals surface area (Å²) in [5.41, 5.74) is 0.233. The highest BCUT2D eigenvalue weighted by molar-refractivity contribution is 9.09. The van der Waals surface area contributed by atoms with Gasteiger partial charge in [-0.25, -0.2) is 0 Å². The van der Waals surface area contributed by atoms with Gasteiger partial charge in [0.25, 0.3) is 0 Å². The van der Waals surface area contributed by atoms with Crippen molar-refractivity contribution in [3.8, 4) is 0 Å². The van der Waals surface area contributed by atoms with Crippen LogP contribution in [-0.2, 0) is 4.74 Å². The first-order valence-electron chi connectivity index (χ1n) is 4.98. The summed E-state index contributed by atoms with van der Waals surface area (Å²) in [5, 5.41) is 1.01. The molecule has 12 heavy (non-hydrogen) atoms. The first kappa shape index (κ1) is 9.01. The SMILES string of the molecule is CC1(C2CC2)CCCC(CBr)O1. The molecule has 1 aliphatic heterocycles. The van der Waals surface area contributed by atoms with Crippen molar-refractivity contribution in [1.29, 1.82) is 0 Å². The lowest BCUT2D eigenvalue weighted by Gasteiger charge is -2.38. The molecule has 1 aliphatic carbocycles. The highest BCUT2D eigenvalue weighted by Gasteiger charge is 2.45. The molecule has 0 spiro atoms. The van der Waals surface area contributed by atoms with E-state index in [0.29, 0.717) is 6.10 Å². The van der Waals surface area contributed by atoms with E-state index >= 15 is 0 Å². The van der Waals surface area contributed by atoms with Gasteiger partial charge in [0.15, 0.2) is 0 Å². The largest absolute Gasteiger partial charge is 0.371 e. The molecule has 2 aliphatic rings. The highest BCUT2D eigenvalue weighted by Crippen LogP contribution is 2.47. The van der Waals surface area contributed by atoms with Crippen molar-refractivity contribution in [2.24, 2.45) is 5.92 Å². The minimum absolute atomic E-state index is 0.233. The van der Waals surface area contributed by atoms with Gasteiger partial charge in [0.1, 0.15) is 0 Å². The Morgan fingerprint density at radius 3 is 2.75 bits per heavy atom. The quantitative estimate of drug-likeness (QED) is 0.666. The Balaban J connectivity index is 1.96. The van der Waals surface area contributed by atoms with Gasteiger partial charge in [-0.1, -0.05) is 15.9 Å². The zero-order valence-corrected chi connectivity index (χ0v) is 9.27. The topological polar surface area (TPSA) is 9.23 Å². The monoisotopic (exact) mass is 232 g/mol. The van der Waals surface area contributed by atoms with Crippen LogP contribution in [0.25, 0.3) is 0 Å². The number of ether oxygens (including phenoxy) is 1. The molecule has 0 aromatic carbocycles. The maximum Gasteiger partial charge on any atom is 0.0686 e. The second kappa shape index (κ2) is 3.30. The molecule has 0 N–H and O–H groups in total. The molecule has 70 valence electrons. The summed E-state index contributed by atoms with van der Waals surface area (Å²) < 4.78 is 6.10. The molecule has 1 heterocycles. The Bertz CT molecular complexity index is 167. The summed E-state index contributed by atoms with van der Waals surface area (Å²) in [4.78, 5) is 0. The van der Waals surface area contributed by atoms with Gasteiger partial charge < -0.3 is 4.74 Å². The fourth-order valence-electron chi connectivity index (χ4n) is 2.28. The molecular formula is C10H17BrO. The first-order chi connectivity index (χ1) is 5.74. The van der Waals surface area contributed by atoms with Crippen LogP contribution in [0.3, 0.4) is 0 Å². The Morgan fingerprint density at radius 2 is 2.17 bits per heavy atom. The minimum atomic E-state index is 0.233. The second-order valence-corrected chi connectivity index (χ2v) is 5.02. The van der Waals surface area contributed by atoms with Gasteiger partial charge in [0, 0.05) is 5.33 Å². The number of hydrogen-bond acceptors (Lipinski definition) is 1. The van der Waals surface area contributed by atoms with E-state index in [1.54, 1.807) is 0 Å². The zero-order valence-electron chi connectivity index (χ0n) is 7.68. The highest BCUT2D eigenvalue weighted by atomic mass is 79.9. The van der Waals surface area contributed by atoms with Gasteiger partial charge in [0.2, 0.25) is 0 Å². The van der Waals surface area contributed by atoms with Gasteiger partial charge in [-0.2, -0.15) is 0 Å². The second-order valence-electron chi connectivity index (χ2n) is 4.37. The summed E-state index contributed by atoms with van der Waals surface area (Å²) >= 11 is 3.51. The predicted octanol–water partition coefficient (Wildman–Crippen LogP) is 3.12. The summed E-state index contributed by atoms with van der Waals surface area (Å²) in [5.74, 6) is 0.874. The van der Waals surface area contributed by atoms with Crippen molar-refractivity contribution in [3.05, 3.63) is 0 Å². The van der Waals surface area contributed by atoms with Crippen molar-refractivity contribution in [2.75, 3.05) is 5.33 Å². The van der Waals surface area contributed by atoms with E-state index in [0.717, 1.165) is 11.2 Å². The van der Waals surface area contributed by atoms with Gasteiger partial charge >= 0.3 is 0 Å². The van der Waals surface area contributed by atoms with Crippen molar-refractivity contribution in [3.63, 3.8) is 0 Å². The van der Waals surface area contributed by atoms with Crippen LogP contribution in [0.15, 0.2) is 0 Å². The van der Waals surface area contributed by atoms with E-state index in [-0.39, 0.29) is 5.60 Å². The average molecular weight is 233 g/mol. The molecular weight excluding hydrogens is 216 g/mol. The van der Waals surface area contributed by atoms with Crippen LogP contribution in [0.4, 0.5) is 0 Å². The number of rotatable bonds is 2. The predicted molar refractivity (Wildman–Crippen MR) is 53.6 cm³/mol. The van der Waals surface area contributed by atoms with Crippen LogP contribution in [0.1, 0.15) is 39.0 Å². The first-order valence-corrected chi connectivity index (χ1v) is 6.10. The van der Waals surface area contributed by atoms with E-state index in [1.165, 1.54) is 32.1 Å². The zero-order chi connectivity index (χ0) is 8.60. The Hall–Kier alpha value is 0.440. The summed E-state index contributed by atoms with van der Waals surface area (Å²) in [6, 6.07) is 0. The van der Waals surface area contributed by atoms with Crippen LogP contribution >= 0.6 is 15.9 Å². The number of hydrogen-bond donors (Lipinski definition) is 0. The third-order valence-electron chi connectivity index (χ3n) is 3.25. The fraction of sp³-hybridized carbons (Fsp3) is 1.00. The third-order valence-corrected chi connectivity index (χ3v) is 3.97. The van der Waals surface area contributed by atoms with Crippen LogP contribution < -0.4 is 0 Å². The molecule has 0 aromatic heterocycles. The van der Waals surface area contributed by atoms with E-state index < -0.39 is 0 Å². The van der Waals surface area contributed by atoms with Gasteiger partial charge in [-0.05, 0) is 44.9 Å². The van der Waals surface area contributed by atoms with Crippen molar-refractivity contribution >= 4 is 15.9 Å². The smallest absolute Gasteiger partial charge is 0.0686 e. The molecule has 1 saturated carbocycles. The lowest BCUT2D eigenvalue weighted by atomic mass is 9.89. The normalized spacial score (nSPS) is 43.0. The number of alkyl halides is 1. The van der Waals surface area contributed by atoms with Crippen LogP contribution in [0, 0.1) is 5.92 Å². The van der Waals surface area contributed by atoms with E-state index in [1.807, 2.05) is 0 Å². The fourth-order valence-corrected chi connectivity index (χ4v) is 2.74. The molecule has 2 fully saturated rings.